The van der Waals surface area contributed by atoms with E-state index in [-0.39, 0.29) is 11.8 Å². The first-order valence-electron chi connectivity index (χ1n) is 5.44. The lowest BCUT2D eigenvalue weighted by atomic mass is 10.1. The molecule has 2 rings (SSSR count). The highest BCUT2D eigenvalue weighted by Crippen LogP contribution is 2.57. The Morgan fingerprint density at radius 1 is 1.38 bits per heavy atom. The quantitative estimate of drug-likeness (QED) is 0.694. The Bertz CT molecular complexity index is 216. The molecule has 0 bridgehead atoms. The molecule has 0 aromatic carbocycles. The van der Waals surface area contributed by atoms with E-state index in [9.17, 15) is 4.79 Å². The van der Waals surface area contributed by atoms with Gasteiger partial charge in [0, 0.05) is 12.0 Å². The molecule has 2 aliphatic carbocycles. The van der Waals surface area contributed by atoms with Gasteiger partial charge >= 0.3 is 0 Å². The summed E-state index contributed by atoms with van der Waals surface area (Å²) in [6, 6.07) is 0.518. The van der Waals surface area contributed by atoms with Crippen molar-refractivity contribution in [3.8, 4) is 0 Å². The van der Waals surface area contributed by atoms with Crippen LogP contribution in [0, 0.1) is 11.3 Å². The zero-order chi connectivity index (χ0) is 9.47. The van der Waals surface area contributed by atoms with Gasteiger partial charge < -0.3 is 5.32 Å². The van der Waals surface area contributed by atoms with E-state index in [2.05, 4.69) is 5.32 Å². The molecule has 0 saturated heterocycles. The molecule has 2 aliphatic rings. The first-order chi connectivity index (χ1) is 6.14. The second-order valence-corrected chi connectivity index (χ2v) is 4.99. The summed E-state index contributed by atoms with van der Waals surface area (Å²) in [5, 5.41) is 3.15. The van der Waals surface area contributed by atoms with Gasteiger partial charge in [0.05, 0.1) is 0 Å². The highest BCUT2D eigenvalue weighted by atomic mass is 16.1. The van der Waals surface area contributed by atoms with E-state index in [0.717, 1.165) is 0 Å². The first-order valence-corrected chi connectivity index (χ1v) is 5.44. The number of carbonyl (C=O) groups excluding carboxylic acids is 1. The van der Waals surface area contributed by atoms with E-state index in [1.165, 1.54) is 32.1 Å². The zero-order valence-corrected chi connectivity index (χ0v) is 8.60. The molecule has 1 amide bonds. The van der Waals surface area contributed by atoms with Crippen molar-refractivity contribution in [3.63, 3.8) is 0 Å². The number of carbonyl (C=O) groups is 1. The average molecular weight is 181 g/mol. The number of rotatable bonds is 2. The molecular weight excluding hydrogens is 162 g/mol. The fourth-order valence-corrected chi connectivity index (χ4v) is 2.52. The molecule has 74 valence electrons. The standard InChI is InChI=1S/C11H19NO/c1-8(2)10(13)12-9-7-11(9)5-3-4-6-11/h8-9H,3-7H2,1-2H3,(H,12,13). The molecule has 2 nitrogen and oxygen atoms in total. The minimum atomic E-state index is 0.138. The minimum absolute atomic E-state index is 0.138. The predicted octanol–water partition coefficient (Wildman–Crippen LogP) is 2.09. The van der Waals surface area contributed by atoms with E-state index in [0.29, 0.717) is 11.5 Å². The molecule has 2 heteroatoms. The van der Waals surface area contributed by atoms with E-state index in [1.54, 1.807) is 0 Å². The summed E-state index contributed by atoms with van der Waals surface area (Å²) in [6.45, 7) is 3.91. The molecule has 13 heavy (non-hydrogen) atoms. The van der Waals surface area contributed by atoms with Crippen LogP contribution in [0.3, 0.4) is 0 Å². The number of amides is 1. The molecule has 0 heterocycles. The maximum Gasteiger partial charge on any atom is 0.222 e. The van der Waals surface area contributed by atoms with Crippen LogP contribution < -0.4 is 5.32 Å². The first kappa shape index (κ1) is 9.04. The second-order valence-electron chi connectivity index (χ2n) is 4.99. The van der Waals surface area contributed by atoms with E-state index < -0.39 is 0 Å². The number of hydrogen-bond donors (Lipinski definition) is 1. The van der Waals surface area contributed by atoms with Crippen molar-refractivity contribution in [1.82, 2.24) is 5.32 Å². The molecular formula is C11H19NO. The van der Waals surface area contributed by atoms with Gasteiger partial charge in [0.25, 0.3) is 0 Å². The molecule has 2 saturated carbocycles. The van der Waals surface area contributed by atoms with Crippen LogP contribution in [0.1, 0.15) is 46.0 Å². The lowest BCUT2D eigenvalue weighted by Crippen LogP contribution is -2.32. The third kappa shape index (κ3) is 1.59. The Labute approximate surface area is 80.1 Å². The lowest BCUT2D eigenvalue weighted by Gasteiger charge is -2.11. The molecule has 2 fully saturated rings. The maximum atomic E-state index is 11.4. The summed E-state index contributed by atoms with van der Waals surface area (Å²) in [5.74, 6) is 0.368. The van der Waals surface area contributed by atoms with Crippen LogP contribution in [0.25, 0.3) is 0 Å². The van der Waals surface area contributed by atoms with E-state index >= 15 is 0 Å². The monoisotopic (exact) mass is 181 g/mol. The highest BCUT2D eigenvalue weighted by Gasteiger charge is 2.55. The van der Waals surface area contributed by atoms with Gasteiger partial charge in [-0.25, -0.2) is 0 Å². The van der Waals surface area contributed by atoms with Gasteiger partial charge in [-0.05, 0) is 24.7 Å². The molecule has 0 aromatic heterocycles. The summed E-state index contributed by atoms with van der Waals surface area (Å²) in [7, 11) is 0. The Morgan fingerprint density at radius 3 is 2.54 bits per heavy atom. The van der Waals surface area contributed by atoms with Crippen LogP contribution >= 0.6 is 0 Å². The summed E-state index contributed by atoms with van der Waals surface area (Å²) < 4.78 is 0. The zero-order valence-electron chi connectivity index (χ0n) is 8.60. The minimum Gasteiger partial charge on any atom is -0.353 e. The van der Waals surface area contributed by atoms with Crippen molar-refractivity contribution in [3.05, 3.63) is 0 Å². The van der Waals surface area contributed by atoms with Crippen molar-refractivity contribution in [2.24, 2.45) is 11.3 Å². The van der Waals surface area contributed by atoms with Gasteiger partial charge in [-0.2, -0.15) is 0 Å². The molecule has 1 unspecified atom stereocenters. The van der Waals surface area contributed by atoms with Crippen LogP contribution in [0.15, 0.2) is 0 Å². The number of hydrogen-bond acceptors (Lipinski definition) is 1. The molecule has 1 N–H and O–H groups in total. The van der Waals surface area contributed by atoms with Crippen molar-refractivity contribution in [1.29, 1.82) is 0 Å². The van der Waals surface area contributed by atoms with Crippen LogP contribution in [-0.2, 0) is 4.79 Å². The molecule has 1 spiro atoms. The van der Waals surface area contributed by atoms with Crippen molar-refractivity contribution in [2.75, 3.05) is 0 Å². The average Bonchev–Trinajstić information content (AvgIpc) is 2.54. The summed E-state index contributed by atoms with van der Waals surface area (Å²) >= 11 is 0. The van der Waals surface area contributed by atoms with E-state index in [1.807, 2.05) is 13.8 Å². The predicted molar refractivity (Wildman–Crippen MR) is 52.3 cm³/mol. The van der Waals surface area contributed by atoms with Gasteiger partial charge in [-0.3, -0.25) is 4.79 Å². The largest absolute Gasteiger partial charge is 0.353 e. The van der Waals surface area contributed by atoms with Crippen LogP contribution in [0.5, 0.6) is 0 Å². The molecule has 0 aromatic rings. The van der Waals surface area contributed by atoms with E-state index in [4.69, 9.17) is 0 Å². The molecule has 1 atom stereocenters. The maximum absolute atomic E-state index is 11.4. The van der Waals surface area contributed by atoms with Gasteiger partial charge in [-0.15, -0.1) is 0 Å². The van der Waals surface area contributed by atoms with Gasteiger partial charge in [-0.1, -0.05) is 26.7 Å². The summed E-state index contributed by atoms with van der Waals surface area (Å²) in [6.07, 6.45) is 6.67. The SMILES string of the molecule is CC(C)C(=O)NC1CC12CCCC2. The highest BCUT2D eigenvalue weighted by molar-refractivity contribution is 5.78. The van der Waals surface area contributed by atoms with Gasteiger partial charge in [0.1, 0.15) is 0 Å². The second kappa shape index (κ2) is 3.00. The molecule has 0 radical (unpaired) electrons. The summed E-state index contributed by atoms with van der Waals surface area (Å²) in [5.41, 5.74) is 0.546. The van der Waals surface area contributed by atoms with Crippen molar-refractivity contribution in [2.45, 2.75) is 52.0 Å². The topological polar surface area (TPSA) is 29.1 Å². The fraction of sp³-hybridized carbons (Fsp3) is 0.909. The third-order valence-electron chi connectivity index (χ3n) is 3.63. The smallest absolute Gasteiger partial charge is 0.222 e. The fourth-order valence-electron chi connectivity index (χ4n) is 2.52. The van der Waals surface area contributed by atoms with Gasteiger partial charge in [0.15, 0.2) is 0 Å². The van der Waals surface area contributed by atoms with Crippen LogP contribution in [0.2, 0.25) is 0 Å². The molecule has 0 aliphatic heterocycles. The van der Waals surface area contributed by atoms with Gasteiger partial charge in [0.2, 0.25) is 5.91 Å². The third-order valence-corrected chi connectivity index (χ3v) is 3.63. The van der Waals surface area contributed by atoms with Crippen molar-refractivity contribution < 1.29 is 4.79 Å². The number of nitrogens with one attached hydrogen (secondary N) is 1. The Kier molecular flexibility index (Phi) is 2.09. The van der Waals surface area contributed by atoms with Crippen LogP contribution in [0.4, 0.5) is 0 Å². The van der Waals surface area contributed by atoms with Crippen molar-refractivity contribution >= 4 is 5.91 Å². The van der Waals surface area contributed by atoms with Crippen LogP contribution in [-0.4, -0.2) is 11.9 Å². The normalized spacial score (nSPS) is 29.6. The lowest BCUT2D eigenvalue weighted by molar-refractivity contribution is -0.124. The Hall–Kier alpha value is -0.530. The summed E-state index contributed by atoms with van der Waals surface area (Å²) in [4.78, 5) is 11.4. The Balaban J connectivity index is 1.83. The Morgan fingerprint density at radius 2 is 2.00 bits per heavy atom.